The molecule has 1 N–H and O–H groups in total. The molecule has 46 heavy (non-hydrogen) atoms. The van der Waals surface area contributed by atoms with Crippen LogP contribution < -0.4 is 10.2 Å². The topological polar surface area (TPSA) is 73.7 Å². The van der Waals surface area contributed by atoms with E-state index in [2.05, 4.69) is 33.5 Å². The summed E-state index contributed by atoms with van der Waals surface area (Å²) < 4.78 is 2.56. The van der Waals surface area contributed by atoms with E-state index in [1.807, 2.05) is 59.5 Å². The molecule has 0 radical (unpaired) electrons. The number of nitrogens with one attached hydrogen (secondary N) is 1. The second-order valence-electron chi connectivity index (χ2n) is 14.2. The summed E-state index contributed by atoms with van der Waals surface area (Å²) in [5.41, 5.74) is 5.42. The molecule has 0 spiro atoms. The average molecular weight is 623 g/mol. The Hall–Kier alpha value is -3.65. The van der Waals surface area contributed by atoms with Gasteiger partial charge in [0.25, 0.3) is 0 Å². The molecule has 8 nitrogen and oxygen atoms in total. The van der Waals surface area contributed by atoms with Gasteiger partial charge in [-0.2, -0.15) is 0 Å². The number of carbonyl (C=O) groups is 2. The maximum absolute atomic E-state index is 13.5. The highest BCUT2D eigenvalue weighted by molar-refractivity contribution is 6.01. The molecule has 2 bridgehead atoms. The number of para-hydroxylation sites is 1. The van der Waals surface area contributed by atoms with Gasteiger partial charge in [-0.05, 0) is 83.1 Å². The molecule has 244 valence electrons. The van der Waals surface area contributed by atoms with Crippen LogP contribution in [-0.2, 0) is 17.8 Å². The van der Waals surface area contributed by atoms with Crippen molar-refractivity contribution in [2.75, 3.05) is 29.9 Å². The highest BCUT2D eigenvalue weighted by atomic mass is 16.2. The molecule has 2 saturated heterocycles. The number of anilines is 2. The highest BCUT2D eigenvalue weighted by Crippen LogP contribution is 2.42. The van der Waals surface area contributed by atoms with Gasteiger partial charge in [-0.1, -0.05) is 55.2 Å². The molecule has 3 amide bonds. The zero-order valence-corrected chi connectivity index (χ0v) is 27.7. The highest BCUT2D eigenvalue weighted by Gasteiger charge is 2.42. The van der Waals surface area contributed by atoms with E-state index in [4.69, 9.17) is 4.98 Å². The Morgan fingerprint density at radius 2 is 1.61 bits per heavy atom. The van der Waals surface area contributed by atoms with Crippen molar-refractivity contribution in [3.63, 3.8) is 0 Å². The molecule has 4 heterocycles. The summed E-state index contributed by atoms with van der Waals surface area (Å²) in [6, 6.07) is 19.5. The van der Waals surface area contributed by atoms with Crippen LogP contribution in [0.3, 0.4) is 0 Å². The number of aromatic nitrogens is 2. The maximum atomic E-state index is 13.5. The van der Waals surface area contributed by atoms with Crippen LogP contribution in [-0.4, -0.2) is 63.0 Å². The Morgan fingerprint density at radius 3 is 2.33 bits per heavy atom. The van der Waals surface area contributed by atoms with Crippen LogP contribution >= 0.6 is 0 Å². The molecular formula is C38H50N6O2. The first-order valence-corrected chi connectivity index (χ1v) is 17.8. The number of piperidine rings is 1. The quantitative estimate of drug-likeness (QED) is 0.287. The van der Waals surface area contributed by atoms with Gasteiger partial charge >= 0.3 is 6.03 Å². The number of nitrogens with zero attached hydrogens (tertiary/aromatic N) is 5. The van der Waals surface area contributed by atoms with Gasteiger partial charge in [0.05, 0.1) is 12.2 Å². The molecule has 4 aliphatic rings. The van der Waals surface area contributed by atoms with Crippen molar-refractivity contribution in [2.45, 2.75) is 109 Å². The third-order valence-electron chi connectivity index (χ3n) is 11.1. The van der Waals surface area contributed by atoms with Gasteiger partial charge < -0.3 is 14.8 Å². The van der Waals surface area contributed by atoms with Crippen LogP contribution in [0.15, 0.2) is 54.6 Å². The number of hydrogen-bond acceptors (Lipinski definition) is 4. The Bertz CT molecular complexity index is 1500. The normalized spacial score (nSPS) is 23.3. The largest absolute Gasteiger partial charge is 0.336 e. The molecule has 1 aliphatic carbocycles. The fourth-order valence-electron chi connectivity index (χ4n) is 8.84. The first-order valence-electron chi connectivity index (χ1n) is 17.8. The summed E-state index contributed by atoms with van der Waals surface area (Å²) >= 11 is 0. The number of rotatable bonds is 8. The van der Waals surface area contributed by atoms with Gasteiger partial charge in [0.1, 0.15) is 5.82 Å². The van der Waals surface area contributed by atoms with E-state index < -0.39 is 0 Å². The predicted octanol–water partition coefficient (Wildman–Crippen LogP) is 7.26. The Balaban J connectivity index is 0.974. The van der Waals surface area contributed by atoms with Crippen LogP contribution in [0.5, 0.6) is 0 Å². The lowest BCUT2D eigenvalue weighted by Crippen LogP contribution is -2.45. The molecule has 3 fully saturated rings. The second-order valence-corrected chi connectivity index (χ2v) is 14.2. The van der Waals surface area contributed by atoms with Crippen molar-refractivity contribution < 1.29 is 9.59 Å². The third-order valence-corrected chi connectivity index (χ3v) is 11.1. The van der Waals surface area contributed by atoms with Crippen LogP contribution in [0.1, 0.15) is 93.0 Å². The number of amides is 3. The van der Waals surface area contributed by atoms with Crippen molar-refractivity contribution in [2.24, 2.45) is 5.92 Å². The minimum absolute atomic E-state index is 0.0869. The van der Waals surface area contributed by atoms with E-state index in [0.29, 0.717) is 37.1 Å². The molecule has 8 heteroatoms. The van der Waals surface area contributed by atoms with Crippen LogP contribution in [0, 0.1) is 19.8 Å². The molecule has 1 aromatic heterocycles. The number of fused-ring (bicyclic) bond motifs is 3. The molecule has 2 aromatic carbocycles. The number of benzene rings is 2. The lowest BCUT2D eigenvalue weighted by molar-refractivity contribution is -0.137. The summed E-state index contributed by atoms with van der Waals surface area (Å²) in [6.45, 7) is 7.40. The molecule has 1 saturated carbocycles. The lowest BCUT2D eigenvalue weighted by Gasteiger charge is -2.41. The van der Waals surface area contributed by atoms with E-state index in [0.717, 1.165) is 74.5 Å². The number of imidazole rings is 1. The summed E-state index contributed by atoms with van der Waals surface area (Å²) in [4.78, 5) is 38.5. The summed E-state index contributed by atoms with van der Waals surface area (Å²) in [5.74, 6) is 1.70. The monoisotopic (exact) mass is 622 g/mol. The standard InChI is InChI=1S/C38H50N6O2/c1-27-14-16-30(17-15-27)40-38(46)43(31-12-7-4-8-13-31)22-9-21-42-32-18-19-33(42)25-34(24-32)44-28(2)39-35-26-41(23-20-36(35)44)37(45)29-10-5-3-6-11-29/h4,7-8,12-17,29,32-34H,3,5-6,9-11,18-26H2,1-2H3,(H,40,46)/t32-,33+,34?. The summed E-state index contributed by atoms with van der Waals surface area (Å²) in [7, 11) is 0. The van der Waals surface area contributed by atoms with E-state index in [9.17, 15) is 9.59 Å². The van der Waals surface area contributed by atoms with Crippen molar-refractivity contribution in [1.29, 1.82) is 0 Å². The van der Waals surface area contributed by atoms with E-state index in [1.54, 1.807) is 0 Å². The SMILES string of the molecule is Cc1ccc(NC(=O)N(CCCN2[C@@H]3CC[C@H]2CC(n2c(C)nc4c2CCN(C(=O)C2CCCCC2)C4)C3)c2ccccc2)cc1. The van der Waals surface area contributed by atoms with E-state index in [-0.39, 0.29) is 11.9 Å². The molecule has 3 atom stereocenters. The minimum Gasteiger partial charge on any atom is -0.336 e. The van der Waals surface area contributed by atoms with Crippen molar-refractivity contribution in [3.8, 4) is 0 Å². The van der Waals surface area contributed by atoms with Crippen LogP contribution in [0.25, 0.3) is 0 Å². The average Bonchev–Trinajstić information content (AvgIpc) is 3.53. The van der Waals surface area contributed by atoms with Crippen molar-refractivity contribution >= 4 is 23.3 Å². The summed E-state index contributed by atoms with van der Waals surface area (Å²) in [5, 5.41) is 3.11. The number of carbonyl (C=O) groups excluding carboxylic acids is 2. The van der Waals surface area contributed by atoms with Crippen molar-refractivity contribution in [3.05, 3.63) is 77.4 Å². The van der Waals surface area contributed by atoms with Gasteiger partial charge in [0.15, 0.2) is 0 Å². The molecule has 1 unspecified atom stereocenters. The van der Waals surface area contributed by atoms with Gasteiger partial charge in [-0.15, -0.1) is 0 Å². The third kappa shape index (κ3) is 6.46. The van der Waals surface area contributed by atoms with Crippen molar-refractivity contribution in [1.82, 2.24) is 19.4 Å². The van der Waals surface area contributed by atoms with E-state index in [1.165, 1.54) is 43.4 Å². The van der Waals surface area contributed by atoms with Crippen LogP contribution in [0.4, 0.5) is 16.2 Å². The van der Waals surface area contributed by atoms with Gasteiger partial charge in [0, 0.05) is 67.2 Å². The maximum Gasteiger partial charge on any atom is 0.326 e. The minimum atomic E-state index is -0.0869. The van der Waals surface area contributed by atoms with Gasteiger partial charge in [-0.25, -0.2) is 9.78 Å². The number of aryl methyl sites for hydroxylation is 2. The molecule has 3 aliphatic heterocycles. The fraction of sp³-hybridized carbons (Fsp3) is 0.553. The first-order chi connectivity index (χ1) is 22.4. The second kappa shape index (κ2) is 13.6. The first kappa shape index (κ1) is 31.0. The number of hydrogen-bond donors (Lipinski definition) is 1. The number of urea groups is 1. The zero-order chi connectivity index (χ0) is 31.6. The van der Waals surface area contributed by atoms with Gasteiger partial charge in [-0.3, -0.25) is 14.6 Å². The van der Waals surface area contributed by atoms with Gasteiger partial charge in [0.2, 0.25) is 5.91 Å². The molecular weight excluding hydrogens is 572 g/mol. The Labute approximate surface area is 274 Å². The molecule has 3 aromatic rings. The Morgan fingerprint density at radius 1 is 0.891 bits per heavy atom. The predicted molar refractivity (Wildman–Crippen MR) is 183 cm³/mol. The Kier molecular flexibility index (Phi) is 9.16. The lowest BCUT2D eigenvalue weighted by atomic mass is 9.88. The summed E-state index contributed by atoms with van der Waals surface area (Å²) in [6.07, 6.45) is 12.4. The van der Waals surface area contributed by atoms with Crippen LogP contribution in [0.2, 0.25) is 0 Å². The smallest absolute Gasteiger partial charge is 0.326 e. The molecule has 7 rings (SSSR count). The fourth-order valence-corrected chi connectivity index (χ4v) is 8.84. The van der Waals surface area contributed by atoms with E-state index >= 15 is 0 Å². The zero-order valence-electron chi connectivity index (χ0n) is 27.7.